The largest absolute Gasteiger partial charge is 0.463 e. The van der Waals surface area contributed by atoms with Crippen LogP contribution in [0, 0.1) is 6.92 Å². The predicted molar refractivity (Wildman–Crippen MR) is 68.0 cm³/mol. The van der Waals surface area contributed by atoms with Crippen molar-refractivity contribution in [3.8, 4) is 11.5 Å². The molecule has 0 fully saturated rings. The van der Waals surface area contributed by atoms with Gasteiger partial charge in [0.05, 0.1) is 6.26 Å². The summed E-state index contributed by atoms with van der Waals surface area (Å²) in [6, 6.07) is 3.79. The van der Waals surface area contributed by atoms with Gasteiger partial charge in [-0.05, 0) is 25.5 Å². The molecule has 0 amide bonds. The van der Waals surface area contributed by atoms with Gasteiger partial charge in [0.1, 0.15) is 17.3 Å². The van der Waals surface area contributed by atoms with Crippen LogP contribution in [0.4, 0.5) is 5.82 Å². The number of aromatic nitrogens is 2. The third-order valence-electron chi connectivity index (χ3n) is 2.66. The summed E-state index contributed by atoms with van der Waals surface area (Å²) < 4.78 is 5.41. The van der Waals surface area contributed by atoms with Gasteiger partial charge in [-0.15, -0.1) is 0 Å². The molecule has 90 valence electrons. The van der Waals surface area contributed by atoms with E-state index in [-0.39, 0.29) is 0 Å². The summed E-state index contributed by atoms with van der Waals surface area (Å²) >= 11 is 0. The molecular formula is C13H17N3O. The number of rotatable bonds is 4. The molecule has 17 heavy (non-hydrogen) atoms. The highest BCUT2D eigenvalue weighted by Gasteiger charge is 2.13. The standard InChI is InChI=1S/C13H17N3O/c1-4-6-11-15-12(10-7-5-8-17-10)9(2)13(14-3)16-11/h5,7-8H,4,6H2,1-3H3,(H,14,15,16). The zero-order valence-electron chi connectivity index (χ0n) is 10.4. The van der Waals surface area contributed by atoms with Gasteiger partial charge < -0.3 is 9.73 Å². The Morgan fingerprint density at radius 3 is 2.76 bits per heavy atom. The molecule has 0 spiro atoms. The van der Waals surface area contributed by atoms with Gasteiger partial charge in [-0.2, -0.15) is 0 Å². The molecule has 0 unspecified atom stereocenters. The summed E-state index contributed by atoms with van der Waals surface area (Å²) in [5, 5.41) is 3.10. The van der Waals surface area contributed by atoms with Crippen molar-refractivity contribution in [3.05, 3.63) is 29.8 Å². The Morgan fingerprint density at radius 2 is 2.18 bits per heavy atom. The van der Waals surface area contributed by atoms with Crippen molar-refractivity contribution in [2.24, 2.45) is 0 Å². The van der Waals surface area contributed by atoms with Crippen LogP contribution < -0.4 is 5.32 Å². The van der Waals surface area contributed by atoms with E-state index in [9.17, 15) is 0 Å². The van der Waals surface area contributed by atoms with Crippen molar-refractivity contribution in [2.75, 3.05) is 12.4 Å². The van der Waals surface area contributed by atoms with E-state index in [0.717, 1.165) is 41.5 Å². The second-order valence-corrected chi connectivity index (χ2v) is 3.94. The number of furan rings is 1. The van der Waals surface area contributed by atoms with Crippen LogP contribution >= 0.6 is 0 Å². The lowest BCUT2D eigenvalue weighted by molar-refractivity contribution is 0.578. The number of nitrogens with zero attached hydrogens (tertiary/aromatic N) is 2. The summed E-state index contributed by atoms with van der Waals surface area (Å²) in [6.07, 6.45) is 3.57. The molecule has 4 nitrogen and oxygen atoms in total. The van der Waals surface area contributed by atoms with Crippen molar-refractivity contribution in [1.82, 2.24) is 9.97 Å². The topological polar surface area (TPSA) is 51.0 Å². The zero-order chi connectivity index (χ0) is 12.3. The van der Waals surface area contributed by atoms with Gasteiger partial charge in [-0.1, -0.05) is 6.92 Å². The van der Waals surface area contributed by atoms with Gasteiger partial charge in [0.2, 0.25) is 0 Å². The zero-order valence-corrected chi connectivity index (χ0v) is 10.4. The number of nitrogens with one attached hydrogen (secondary N) is 1. The Kier molecular flexibility index (Phi) is 3.42. The SMILES string of the molecule is CCCc1nc(NC)c(C)c(-c2ccco2)n1. The Balaban J connectivity index is 2.53. The molecule has 0 bridgehead atoms. The summed E-state index contributed by atoms with van der Waals surface area (Å²) in [5.74, 6) is 2.52. The van der Waals surface area contributed by atoms with Gasteiger partial charge in [-0.3, -0.25) is 0 Å². The first-order valence-electron chi connectivity index (χ1n) is 5.85. The first-order chi connectivity index (χ1) is 8.26. The summed E-state index contributed by atoms with van der Waals surface area (Å²) in [4.78, 5) is 9.06. The van der Waals surface area contributed by atoms with Crippen LogP contribution in [0.3, 0.4) is 0 Å². The molecule has 0 radical (unpaired) electrons. The van der Waals surface area contributed by atoms with Crippen LogP contribution in [0.15, 0.2) is 22.8 Å². The molecule has 0 aliphatic carbocycles. The fourth-order valence-corrected chi connectivity index (χ4v) is 1.79. The van der Waals surface area contributed by atoms with Gasteiger partial charge in [0.25, 0.3) is 0 Å². The maximum absolute atomic E-state index is 5.41. The van der Waals surface area contributed by atoms with Gasteiger partial charge >= 0.3 is 0 Å². The van der Waals surface area contributed by atoms with E-state index in [0.29, 0.717) is 0 Å². The molecule has 2 aromatic rings. The molecule has 0 aromatic carbocycles. The van der Waals surface area contributed by atoms with Crippen molar-refractivity contribution < 1.29 is 4.42 Å². The maximum Gasteiger partial charge on any atom is 0.152 e. The Labute approximate surface area is 101 Å². The monoisotopic (exact) mass is 231 g/mol. The highest BCUT2D eigenvalue weighted by Crippen LogP contribution is 2.26. The normalized spacial score (nSPS) is 10.5. The number of anilines is 1. The van der Waals surface area contributed by atoms with Crippen LogP contribution in [-0.4, -0.2) is 17.0 Å². The smallest absolute Gasteiger partial charge is 0.152 e. The minimum atomic E-state index is 0.791. The van der Waals surface area contributed by atoms with E-state index < -0.39 is 0 Å². The van der Waals surface area contributed by atoms with Crippen LogP contribution in [0.2, 0.25) is 0 Å². The predicted octanol–water partition coefficient (Wildman–Crippen LogP) is 3.04. The molecule has 0 atom stereocenters. The van der Waals surface area contributed by atoms with Crippen molar-refractivity contribution in [3.63, 3.8) is 0 Å². The Bertz CT molecular complexity index is 492. The first-order valence-corrected chi connectivity index (χ1v) is 5.85. The maximum atomic E-state index is 5.41. The van der Waals surface area contributed by atoms with Gasteiger partial charge in [-0.25, -0.2) is 9.97 Å². The highest BCUT2D eigenvalue weighted by molar-refractivity contribution is 5.63. The van der Waals surface area contributed by atoms with Crippen molar-refractivity contribution in [1.29, 1.82) is 0 Å². The molecule has 4 heteroatoms. The molecule has 0 aliphatic heterocycles. The first kappa shape index (κ1) is 11.6. The summed E-state index contributed by atoms with van der Waals surface area (Å²) in [7, 11) is 1.87. The lowest BCUT2D eigenvalue weighted by Crippen LogP contribution is -2.04. The molecular weight excluding hydrogens is 214 g/mol. The van der Waals surface area contributed by atoms with E-state index in [1.807, 2.05) is 26.1 Å². The quantitative estimate of drug-likeness (QED) is 0.878. The van der Waals surface area contributed by atoms with Crippen LogP contribution in [-0.2, 0) is 6.42 Å². The average Bonchev–Trinajstić information content (AvgIpc) is 2.85. The van der Waals surface area contributed by atoms with E-state index >= 15 is 0 Å². The summed E-state index contributed by atoms with van der Waals surface area (Å²) in [6.45, 7) is 4.12. The van der Waals surface area contributed by atoms with Crippen LogP contribution in [0.1, 0.15) is 24.7 Å². The second kappa shape index (κ2) is 4.99. The number of hydrogen-bond donors (Lipinski definition) is 1. The molecule has 2 heterocycles. The molecule has 2 aromatic heterocycles. The highest BCUT2D eigenvalue weighted by atomic mass is 16.3. The summed E-state index contributed by atoms with van der Waals surface area (Å²) in [5.41, 5.74) is 1.89. The number of hydrogen-bond acceptors (Lipinski definition) is 4. The molecule has 0 saturated carbocycles. The van der Waals surface area contributed by atoms with Gasteiger partial charge in [0.15, 0.2) is 5.76 Å². The van der Waals surface area contributed by atoms with Crippen molar-refractivity contribution >= 4 is 5.82 Å². The van der Waals surface area contributed by atoms with E-state index in [1.165, 1.54) is 0 Å². The average molecular weight is 231 g/mol. The third-order valence-corrected chi connectivity index (χ3v) is 2.66. The Morgan fingerprint density at radius 1 is 1.35 bits per heavy atom. The lowest BCUT2D eigenvalue weighted by atomic mass is 10.2. The van der Waals surface area contributed by atoms with Crippen molar-refractivity contribution in [2.45, 2.75) is 26.7 Å². The minimum Gasteiger partial charge on any atom is -0.463 e. The fourth-order valence-electron chi connectivity index (χ4n) is 1.79. The molecule has 2 rings (SSSR count). The van der Waals surface area contributed by atoms with Crippen LogP contribution in [0.25, 0.3) is 11.5 Å². The Hall–Kier alpha value is -1.84. The van der Waals surface area contributed by atoms with E-state index in [1.54, 1.807) is 6.26 Å². The minimum absolute atomic E-state index is 0.791. The second-order valence-electron chi connectivity index (χ2n) is 3.94. The molecule has 0 aliphatic rings. The third kappa shape index (κ3) is 2.30. The fraction of sp³-hybridized carbons (Fsp3) is 0.385. The lowest BCUT2D eigenvalue weighted by Gasteiger charge is -2.10. The van der Waals surface area contributed by atoms with Crippen LogP contribution in [0.5, 0.6) is 0 Å². The van der Waals surface area contributed by atoms with E-state index in [4.69, 9.17) is 4.42 Å². The number of aryl methyl sites for hydroxylation is 1. The molecule has 0 saturated heterocycles. The van der Waals surface area contributed by atoms with E-state index in [2.05, 4.69) is 22.2 Å². The van der Waals surface area contributed by atoms with Gasteiger partial charge in [0, 0.05) is 19.0 Å². The molecule has 1 N–H and O–H groups in total.